The van der Waals surface area contributed by atoms with Gasteiger partial charge in [-0.25, -0.2) is 0 Å². The van der Waals surface area contributed by atoms with Gasteiger partial charge in [0.05, 0.1) is 16.8 Å². The van der Waals surface area contributed by atoms with E-state index in [0.717, 1.165) is 12.8 Å². The third-order valence-corrected chi connectivity index (χ3v) is 8.34. The predicted octanol–water partition coefficient (Wildman–Crippen LogP) is 2.54. The van der Waals surface area contributed by atoms with Gasteiger partial charge < -0.3 is 10.2 Å². The molecule has 5 heteroatoms. The summed E-state index contributed by atoms with van der Waals surface area (Å²) >= 11 is 7.25. The Kier molecular flexibility index (Phi) is 2.77. The molecule has 2 rings (SSSR count). The summed E-state index contributed by atoms with van der Waals surface area (Å²) in [5, 5.41) is 19.5. The zero-order chi connectivity index (χ0) is 12.4. The first kappa shape index (κ1) is 12.8. The molecule has 2 saturated carbocycles. The predicted molar refractivity (Wildman–Crippen MR) is 68.1 cm³/mol. The fourth-order valence-electron chi connectivity index (χ4n) is 3.60. The molecule has 0 aromatic carbocycles. The molecule has 16 heavy (non-hydrogen) atoms. The van der Waals surface area contributed by atoms with Gasteiger partial charge in [-0.1, -0.05) is 45.7 Å². The van der Waals surface area contributed by atoms with E-state index in [4.69, 9.17) is 5.11 Å². The van der Waals surface area contributed by atoms with Gasteiger partial charge in [-0.3, -0.25) is 4.79 Å². The third-order valence-electron chi connectivity index (χ3n) is 4.75. The number of rotatable bonds is 2. The lowest BCUT2D eigenvalue weighted by Crippen LogP contribution is -2.47. The third kappa shape index (κ3) is 1.25. The SMILES string of the molecule is CC1(C)[C@H](O)[C@]2(Br)CC[C@]1(CC(=O)O)[C@H]2Br. The molecule has 4 atom stereocenters. The first-order chi connectivity index (χ1) is 7.18. The average molecular weight is 356 g/mol. The van der Waals surface area contributed by atoms with E-state index >= 15 is 0 Å². The van der Waals surface area contributed by atoms with Crippen LogP contribution in [0, 0.1) is 10.8 Å². The molecule has 0 aromatic heterocycles. The maximum Gasteiger partial charge on any atom is 0.303 e. The molecule has 0 aliphatic heterocycles. The van der Waals surface area contributed by atoms with E-state index in [1.54, 1.807) is 0 Å². The molecule has 2 N–H and O–H groups in total. The molecule has 0 radical (unpaired) electrons. The number of carboxylic acids is 1. The van der Waals surface area contributed by atoms with Gasteiger partial charge in [-0.05, 0) is 18.3 Å². The zero-order valence-corrected chi connectivity index (χ0v) is 12.5. The minimum Gasteiger partial charge on any atom is -0.481 e. The summed E-state index contributed by atoms with van der Waals surface area (Å²) in [6.45, 7) is 3.94. The summed E-state index contributed by atoms with van der Waals surface area (Å²) in [4.78, 5) is 11.1. The number of alkyl halides is 2. The summed E-state index contributed by atoms with van der Waals surface area (Å²) in [5.74, 6) is -0.789. The Morgan fingerprint density at radius 2 is 2.00 bits per heavy atom. The Labute approximate surface area is 112 Å². The van der Waals surface area contributed by atoms with E-state index in [2.05, 4.69) is 31.9 Å². The maximum absolute atomic E-state index is 11.1. The largest absolute Gasteiger partial charge is 0.481 e. The highest BCUT2D eigenvalue weighted by Gasteiger charge is 2.74. The molecule has 0 heterocycles. The van der Waals surface area contributed by atoms with Crippen LogP contribution in [0.25, 0.3) is 0 Å². The average Bonchev–Trinajstić information content (AvgIpc) is 2.46. The van der Waals surface area contributed by atoms with Gasteiger partial charge in [0.1, 0.15) is 0 Å². The van der Waals surface area contributed by atoms with Crippen LogP contribution in [0.4, 0.5) is 0 Å². The number of aliphatic carboxylic acids is 1. The van der Waals surface area contributed by atoms with Crippen LogP contribution >= 0.6 is 31.9 Å². The van der Waals surface area contributed by atoms with E-state index in [-0.39, 0.29) is 26.4 Å². The second-order valence-electron chi connectivity index (χ2n) is 5.64. The Bertz CT molecular complexity index is 344. The highest BCUT2D eigenvalue weighted by molar-refractivity contribution is 9.12. The van der Waals surface area contributed by atoms with Crippen LogP contribution in [0.15, 0.2) is 0 Å². The van der Waals surface area contributed by atoms with E-state index in [1.165, 1.54) is 0 Å². The monoisotopic (exact) mass is 354 g/mol. The van der Waals surface area contributed by atoms with Crippen molar-refractivity contribution >= 4 is 37.8 Å². The standard InChI is InChI=1S/C11H16Br2O3/c1-9(2)8(16)11(13)4-3-10(9,7(11)12)5-6(14)15/h7-8,16H,3-5H2,1-2H3,(H,14,15)/t7-,8+,10+,11+/m1/s1. The van der Waals surface area contributed by atoms with Crippen molar-refractivity contribution in [3.8, 4) is 0 Å². The lowest BCUT2D eigenvalue weighted by molar-refractivity contribution is -0.143. The smallest absolute Gasteiger partial charge is 0.303 e. The molecule has 2 bridgehead atoms. The van der Waals surface area contributed by atoms with Crippen molar-refractivity contribution in [2.24, 2.45) is 10.8 Å². The van der Waals surface area contributed by atoms with Crippen LogP contribution in [0.2, 0.25) is 0 Å². The number of hydrogen-bond donors (Lipinski definition) is 2. The molecular weight excluding hydrogens is 340 g/mol. The maximum atomic E-state index is 11.1. The van der Waals surface area contributed by atoms with Gasteiger partial charge in [0.15, 0.2) is 0 Å². The molecule has 2 fully saturated rings. The first-order valence-corrected chi connectivity index (χ1v) is 7.12. The fraction of sp³-hybridized carbons (Fsp3) is 0.909. The van der Waals surface area contributed by atoms with Crippen molar-refractivity contribution in [3.63, 3.8) is 0 Å². The Balaban J connectivity index is 2.48. The molecule has 0 aromatic rings. The van der Waals surface area contributed by atoms with Crippen LogP contribution in [-0.4, -0.2) is 31.4 Å². The lowest BCUT2D eigenvalue weighted by atomic mass is 9.62. The van der Waals surface area contributed by atoms with Gasteiger partial charge in [-0.15, -0.1) is 0 Å². The van der Waals surface area contributed by atoms with Crippen molar-refractivity contribution in [1.82, 2.24) is 0 Å². The van der Waals surface area contributed by atoms with E-state index < -0.39 is 12.1 Å². The Morgan fingerprint density at radius 1 is 1.44 bits per heavy atom. The number of carboxylic acid groups (broad SMARTS) is 1. The van der Waals surface area contributed by atoms with Crippen LogP contribution in [0.5, 0.6) is 0 Å². The summed E-state index contributed by atoms with van der Waals surface area (Å²) < 4.78 is -0.369. The highest BCUT2D eigenvalue weighted by atomic mass is 79.9. The van der Waals surface area contributed by atoms with Gasteiger partial charge in [0, 0.05) is 10.2 Å². The highest BCUT2D eigenvalue weighted by Crippen LogP contribution is 2.72. The normalized spacial score (nSPS) is 49.6. The molecule has 0 spiro atoms. The molecule has 92 valence electrons. The first-order valence-electron chi connectivity index (χ1n) is 5.41. The molecule has 3 nitrogen and oxygen atoms in total. The number of hydrogen-bond acceptors (Lipinski definition) is 2. The van der Waals surface area contributed by atoms with E-state index in [1.807, 2.05) is 13.8 Å². The van der Waals surface area contributed by atoms with Gasteiger partial charge in [0.25, 0.3) is 0 Å². The topological polar surface area (TPSA) is 57.5 Å². The van der Waals surface area contributed by atoms with E-state index in [9.17, 15) is 9.90 Å². The van der Waals surface area contributed by atoms with Crippen molar-refractivity contribution in [3.05, 3.63) is 0 Å². The van der Waals surface area contributed by atoms with Gasteiger partial charge in [-0.2, -0.15) is 0 Å². The molecule has 0 saturated heterocycles. The van der Waals surface area contributed by atoms with Crippen LogP contribution in [-0.2, 0) is 4.79 Å². The second kappa shape index (κ2) is 3.45. The summed E-state index contributed by atoms with van der Waals surface area (Å²) in [7, 11) is 0. The number of aliphatic hydroxyl groups is 1. The van der Waals surface area contributed by atoms with Crippen LogP contribution < -0.4 is 0 Å². The van der Waals surface area contributed by atoms with Crippen LogP contribution in [0.1, 0.15) is 33.1 Å². The quantitative estimate of drug-likeness (QED) is 0.748. The molecule has 0 amide bonds. The molecule has 0 unspecified atom stereocenters. The zero-order valence-electron chi connectivity index (χ0n) is 9.33. The minimum absolute atomic E-state index is 0.00796. The van der Waals surface area contributed by atoms with Crippen molar-refractivity contribution in [2.45, 2.75) is 48.4 Å². The Morgan fingerprint density at radius 3 is 2.38 bits per heavy atom. The summed E-state index contributed by atoms with van der Waals surface area (Å²) in [5.41, 5.74) is -0.747. The molecular formula is C11H16Br2O3. The van der Waals surface area contributed by atoms with Crippen molar-refractivity contribution < 1.29 is 15.0 Å². The van der Waals surface area contributed by atoms with Crippen molar-refractivity contribution in [2.75, 3.05) is 0 Å². The molecule has 2 aliphatic carbocycles. The molecule has 2 aliphatic rings. The lowest BCUT2D eigenvalue weighted by Gasteiger charge is -2.45. The number of aliphatic hydroxyl groups excluding tert-OH is 1. The summed E-state index contributed by atoms with van der Waals surface area (Å²) in [6, 6.07) is 0. The van der Waals surface area contributed by atoms with Crippen LogP contribution in [0.3, 0.4) is 0 Å². The van der Waals surface area contributed by atoms with Crippen molar-refractivity contribution in [1.29, 1.82) is 0 Å². The Hall–Kier alpha value is 0.390. The minimum atomic E-state index is -0.789. The second-order valence-corrected chi connectivity index (χ2v) is 8.03. The fourth-order valence-corrected chi connectivity index (χ4v) is 6.27. The number of halogens is 2. The van der Waals surface area contributed by atoms with E-state index in [0.29, 0.717) is 0 Å². The van der Waals surface area contributed by atoms with Gasteiger partial charge in [0.2, 0.25) is 0 Å². The van der Waals surface area contributed by atoms with Gasteiger partial charge >= 0.3 is 5.97 Å². The number of carbonyl (C=O) groups is 1. The number of fused-ring (bicyclic) bond motifs is 2. The summed E-state index contributed by atoms with van der Waals surface area (Å²) in [6.07, 6.45) is 1.25.